The third-order valence-corrected chi connectivity index (χ3v) is 3.56. The smallest absolute Gasteiger partial charge is 0.222 e. The average Bonchev–Trinajstić information content (AvgIpc) is 3.12. The summed E-state index contributed by atoms with van der Waals surface area (Å²) < 4.78 is 5.20. The van der Waals surface area contributed by atoms with E-state index >= 15 is 0 Å². The Morgan fingerprint density at radius 1 is 1.42 bits per heavy atom. The number of ketones is 2. The number of aliphatic hydroxyl groups excluding tert-OH is 1. The zero-order valence-corrected chi connectivity index (χ0v) is 11.0. The number of fused-ring (bicyclic) bond motifs is 1. The lowest BCUT2D eigenvalue weighted by Gasteiger charge is -2.27. The molecule has 2 N–H and O–H groups in total. The van der Waals surface area contributed by atoms with Crippen LogP contribution in [-0.2, 0) is 14.3 Å². The Hall–Kier alpha value is -1.72. The molecule has 5 heteroatoms. The Kier molecular flexibility index (Phi) is 2.99. The van der Waals surface area contributed by atoms with Crippen molar-refractivity contribution in [3.8, 4) is 0 Å². The van der Waals surface area contributed by atoms with Crippen molar-refractivity contribution in [2.45, 2.75) is 38.1 Å². The molecule has 1 aliphatic carbocycles. The van der Waals surface area contributed by atoms with E-state index in [1.165, 1.54) is 26.0 Å². The van der Waals surface area contributed by atoms with Gasteiger partial charge in [-0.05, 0) is 26.8 Å². The van der Waals surface area contributed by atoms with Gasteiger partial charge in [0.25, 0.3) is 0 Å². The standard InChI is InChI=1S/C14H16O5/c1-4-5-6-7-9(15)14-11(17)8(2)10(16)13(3,18)12(14)19-14/h4-7,12,16,18H,1-3H3/b5-4+,7-6+/t12-,13-,14+/m1/s1. The van der Waals surface area contributed by atoms with Crippen molar-refractivity contribution in [2.24, 2.45) is 0 Å². The minimum atomic E-state index is -1.72. The van der Waals surface area contributed by atoms with Gasteiger partial charge in [-0.3, -0.25) is 9.59 Å². The highest BCUT2D eigenvalue weighted by Gasteiger charge is 2.76. The predicted molar refractivity (Wildman–Crippen MR) is 67.5 cm³/mol. The summed E-state index contributed by atoms with van der Waals surface area (Å²) in [6.07, 6.45) is 5.11. The lowest BCUT2D eigenvalue weighted by Crippen LogP contribution is -2.50. The Bertz CT molecular complexity index is 538. The lowest BCUT2D eigenvalue weighted by molar-refractivity contribution is -0.130. The molecule has 0 spiro atoms. The molecule has 1 aliphatic heterocycles. The largest absolute Gasteiger partial charge is 0.509 e. The van der Waals surface area contributed by atoms with E-state index in [9.17, 15) is 19.8 Å². The van der Waals surface area contributed by atoms with Gasteiger partial charge in [0.1, 0.15) is 17.5 Å². The average molecular weight is 264 g/mol. The van der Waals surface area contributed by atoms with Crippen LogP contribution in [0.25, 0.3) is 0 Å². The summed E-state index contributed by atoms with van der Waals surface area (Å²) in [5.41, 5.74) is -3.42. The highest BCUT2D eigenvalue weighted by molar-refractivity contribution is 6.24. The van der Waals surface area contributed by atoms with Crippen LogP contribution in [0.2, 0.25) is 0 Å². The number of ether oxygens (including phenoxy) is 1. The molecule has 5 nitrogen and oxygen atoms in total. The second-order valence-corrected chi connectivity index (χ2v) is 4.93. The van der Waals surface area contributed by atoms with Crippen LogP contribution in [0.4, 0.5) is 0 Å². The molecule has 0 radical (unpaired) electrons. The molecule has 1 saturated heterocycles. The lowest BCUT2D eigenvalue weighted by atomic mass is 9.76. The molecule has 0 unspecified atom stereocenters. The van der Waals surface area contributed by atoms with Gasteiger partial charge in [0.05, 0.1) is 0 Å². The van der Waals surface area contributed by atoms with Gasteiger partial charge in [0.15, 0.2) is 5.78 Å². The van der Waals surface area contributed by atoms with Crippen LogP contribution >= 0.6 is 0 Å². The maximum absolute atomic E-state index is 12.1. The van der Waals surface area contributed by atoms with E-state index in [0.29, 0.717) is 0 Å². The van der Waals surface area contributed by atoms with E-state index in [0.717, 1.165) is 0 Å². The summed E-state index contributed by atoms with van der Waals surface area (Å²) in [4.78, 5) is 24.2. The minimum absolute atomic E-state index is 0.0356. The summed E-state index contributed by atoms with van der Waals surface area (Å²) in [6, 6.07) is 0. The highest BCUT2D eigenvalue weighted by Crippen LogP contribution is 2.52. The van der Waals surface area contributed by atoms with E-state index in [4.69, 9.17) is 4.74 Å². The Morgan fingerprint density at radius 3 is 2.63 bits per heavy atom. The molecule has 102 valence electrons. The first-order valence-corrected chi connectivity index (χ1v) is 5.99. The topological polar surface area (TPSA) is 87.1 Å². The van der Waals surface area contributed by atoms with E-state index in [2.05, 4.69) is 0 Å². The van der Waals surface area contributed by atoms with Crippen molar-refractivity contribution in [3.63, 3.8) is 0 Å². The van der Waals surface area contributed by atoms with E-state index in [1.54, 1.807) is 19.1 Å². The number of hydrogen-bond acceptors (Lipinski definition) is 5. The number of rotatable bonds is 3. The van der Waals surface area contributed by atoms with Crippen LogP contribution in [0, 0.1) is 0 Å². The van der Waals surface area contributed by atoms with Crippen LogP contribution in [0.3, 0.4) is 0 Å². The number of Topliss-reactive ketones (excluding diaryl/α,β-unsaturated/α-hetero) is 1. The molecule has 3 atom stereocenters. The molecule has 0 amide bonds. The van der Waals surface area contributed by atoms with Crippen LogP contribution in [-0.4, -0.2) is 39.1 Å². The van der Waals surface area contributed by atoms with Crippen molar-refractivity contribution in [2.75, 3.05) is 0 Å². The van der Waals surface area contributed by atoms with E-state index in [1.807, 2.05) is 0 Å². The molecule has 19 heavy (non-hydrogen) atoms. The normalized spacial score (nSPS) is 38.1. The second-order valence-electron chi connectivity index (χ2n) is 4.93. The molecule has 0 aromatic carbocycles. The first-order chi connectivity index (χ1) is 8.80. The van der Waals surface area contributed by atoms with Crippen LogP contribution in [0.5, 0.6) is 0 Å². The number of carbonyl (C=O) groups is 2. The number of allylic oxidation sites excluding steroid dienone is 3. The van der Waals surface area contributed by atoms with Crippen molar-refractivity contribution < 1.29 is 24.5 Å². The first-order valence-electron chi connectivity index (χ1n) is 5.99. The summed E-state index contributed by atoms with van der Waals surface area (Å²) in [5, 5.41) is 19.9. The summed E-state index contributed by atoms with van der Waals surface area (Å²) in [5.74, 6) is -1.54. The van der Waals surface area contributed by atoms with Gasteiger partial charge < -0.3 is 14.9 Å². The molecule has 0 saturated carbocycles. The molecule has 0 bridgehead atoms. The zero-order valence-electron chi connectivity index (χ0n) is 11.0. The molecule has 0 aromatic rings. The van der Waals surface area contributed by atoms with E-state index < -0.39 is 34.6 Å². The van der Waals surface area contributed by atoms with Crippen molar-refractivity contribution in [1.29, 1.82) is 0 Å². The third-order valence-electron chi connectivity index (χ3n) is 3.56. The number of aliphatic hydroxyl groups is 2. The van der Waals surface area contributed by atoms with Gasteiger partial charge in [-0.15, -0.1) is 0 Å². The van der Waals surface area contributed by atoms with Crippen LogP contribution in [0.15, 0.2) is 35.6 Å². The van der Waals surface area contributed by atoms with Gasteiger partial charge in [0, 0.05) is 5.57 Å². The Morgan fingerprint density at radius 2 is 2.05 bits per heavy atom. The maximum atomic E-state index is 12.1. The molecule has 1 heterocycles. The predicted octanol–water partition coefficient (Wildman–Crippen LogP) is 0.991. The highest BCUT2D eigenvalue weighted by atomic mass is 16.6. The molecular formula is C14H16O5. The summed E-state index contributed by atoms with van der Waals surface area (Å²) in [6.45, 7) is 4.49. The van der Waals surface area contributed by atoms with Gasteiger partial charge in [-0.25, -0.2) is 0 Å². The minimum Gasteiger partial charge on any atom is -0.509 e. The maximum Gasteiger partial charge on any atom is 0.222 e. The summed E-state index contributed by atoms with van der Waals surface area (Å²) >= 11 is 0. The van der Waals surface area contributed by atoms with Crippen molar-refractivity contribution in [1.82, 2.24) is 0 Å². The number of epoxide rings is 1. The monoisotopic (exact) mass is 264 g/mol. The van der Waals surface area contributed by atoms with E-state index in [-0.39, 0.29) is 5.57 Å². The molecule has 0 aromatic heterocycles. The molecule has 2 aliphatic rings. The van der Waals surface area contributed by atoms with Gasteiger partial charge in [-0.2, -0.15) is 0 Å². The molecule has 1 fully saturated rings. The fraction of sp³-hybridized carbons (Fsp3) is 0.429. The van der Waals surface area contributed by atoms with Gasteiger partial charge >= 0.3 is 0 Å². The second kappa shape index (κ2) is 4.15. The van der Waals surface area contributed by atoms with Crippen LogP contribution < -0.4 is 0 Å². The van der Waals surface area contributed by atoms with Crippen molar-refractivity contribution in [3.05, 3.63) is 35.6 Å². The fourth-order valence-corrected chi connectivity index (χ4v) is 2.40. The first kappa shape index (κ1) is 13.7. The van der Waals surface area contributed by atoms with Crippen molar-refractivity contribution >= 4 is 11.6 Å². The zero-order chi connectivity index (χ0) is 14.4. The van der Waals surface area contributed by atoms with Gasteiger partial charge in [0.2, 0.25) is 11.4 Å². The number of hydrogen-bond donors (Lipinski definition) is 2. The van der Waals surface area contributed by atoms with Crippen LogP contribution in [0.1, 0.15) is 20.8 Å². The quantitative estimate of drug-likeness (QED) is 0.343. The Balaban J connectivity index is 2.39. The SMILES string of the molecule is C/C=C/C=C/C(=O)[C@@]12O[C@@H]1[C@](C)(O)C(O)=C(C)C2=O. The molecule has 2 rings (SSSR count). The fourth-order valence-electron chi connectivity index (χ4n) is 2.40. The summed E-state index contributed by atoms with van der Waals surface area (Å²) in [7, 11) is 0. The molecular weight excluding hydrogens is 248 g/mol. The number of carbonyl (C=O) groups excluding carboxylic acids is 2. The Labute approximate surface area is 110 Å². The van der Waals surface area contributed by atoms with Gasteiger partial charge in [-0.1, -0.05) is 18.2 Å². The third kappa shape index (κ3) is 1.69.